The van der Waals surface area contributed by atoms with Crippen molar-refractivity contribution in [3.8, 4) is 5.75 Å². The van der Waals surface area contributed by atoms with Crippen LogP contribution >= 0.6 is 0 Å². The summed E-state index contributed by atoms with van der Waals surface area (Å²) in [4.78, 5) is 15.1. The lowest BCUT2D eigenvalue weighted by molar-refractivity contribution is -0.130. The summed E-state index contributed by atoms with van der Waals surface area (Å²) in [5, 5.41) is 9.69. The summed E-state index contributed by atoms with van der Waals surface area (Å²) in [6.45, 7) is 3.56. The zero-order chi connectivity index (χ0) is 12.4. The van der Waals surface area contributed by atoms with Gasteiger partial charge in [-0.05, 0) is 29.8 Å². The van der Waals surface area contributed by atoms with E-state index in [0.717, 1.165) is 5.39 Å². The van der Waals surface area contributed by atoms with Crippen molar-refractivity contribution in [3.05, 3.63) is 42.6 Å². The van der Waals surface area contributed by atoms with Crippen LogP contribution in [0, 0.1) is 0 Å². The summed E-state index contributed by atoms with van der Waals surface area (Å²) >= 11 is 0. The van der Waals surface area contributed by atoms with E-state index in [9.17, 15) is 4.79 Å². The Labute approximate surface area is 98.2 Å². The van der Waals surface area contributed by atoms with Gasteiger partial charge in [0.05, 0.1) is 18.2 Å². The van der Waals surface area contributed by atoms with Crippen LogP contribution in [0.1, 0.15) is 5.56 Å². The normalized spacial score (nSPS) is 10.2. The van der Waals surface area contributed by atoms with Gasteiger partial charge >= 0.3 is 5.97 Å². The molecule has 1 N–H and O–H groups in total. The highest BCUT2D eigenvalue weighted by atomic mass is 16.5. The van der Waals surface area contributed by atoms with Crippen LogP contribution in [0.2, 0.25) is 0 Å². The van der Waals surface area contributed by atoms with Crippen LogP contribution in [0.15, 0.2) is 37.0 Å². The fraction of sp³-hybridized carbons (Fsp3) is 0.0769. The molecule has 0 fully saturated rings. The number of rotatable bonds is 3. The van der Waals surface area contributed by atoms with E-state index in [0.29, 0.717) is 16.8 Å². The van der Waals surface area contributed by atoms with Crippen molar-refractivity contribution in [2.24, 2.45) is 0 Å². The lowest BCUT2D eigenvalue weighted by Crippen LogP contribution is -1.99. The molecule has 0 saturated heterocycles. The van der Waals surface area contributed by atoms with Gasteiger partial charge in [-0.2, -0.15) is 0 Å². The number of hydrogen-bond acceptors (Lipinski definition) is 3. The summed E-state index contributed by atoms with van der Waals surface area (Å²) in [6.07, 6.45) is 1.57. The molecular weight excluding hydrogens is 218 g/mol. The second-order valence-electron chi connectivity index (χ2n) is 3.53. The van der Waals surface area contributed by atoms with Crippen LogP contribution in [-0.4, -0.2) is 23.2 Å². The molecule has 17 heavy (non-hydrogen) atoms. The van der Waals surface area contributed by atoms with E-state index < -0.39 is 5.97 Å². The predicted molar refractivity (Wildman–Crippen MR) is 65.0 cm³/mol. The number of hydrogen-bond donors (Lipinski definition) is 1. The molecule has 86 valence electrons. The second-order valence-corrected chi connectivity index (χ2v) is 3.53. The number of nitrogens with zero attached hydrogens (tertiary/aromatic N) is 1. The van der Waals surface area contributed by atoms with Crippen molar-refractivity contribution < 1.29 is 14.6 Å². The Morgan fingerprint density at radius 2 is 2.18 bits per heavy atom. The van der Waals surface area contributed by atoms with Crippen molar-refractivity contribution in [2.75, 3.05) is 7.11 Å². The Morgan fingerprint density at radius 3 is 2.82 bits per heavy atom. The number of fused-ring (bicyclic) bond motifs is 1. The van der Waals surface area contributed by atoms with E-state index in [1.807, 2.05) is 0 Å². The number of benzene rings is 1. The summed E-state index contributed by atoms with van der Waals surface area (Å²) < 4.78 is 5.11. The number of carboxylic acid groups (broad SMARTS) is 1. The van der Waals surface area contributed by atoms with Gasteiger partial charge < -0.3 is 9.84 Å². The Kier molecular flexibility index (Phi) is 2.78. The molecule has 0 bridgehead atoms. The molecule has 0 saturated carbocycles. The zero-order valence-electron chi connectivity index (χ0n) is 9.30. The van der Waals surface area contributed by atoms with Gasteiger partial charge in [-0.3, -0.25) is 4.98 Å². The summed E-state index contributed by atoms with van der Waals surface area (Å²) in [5.41, 5.74) is 1.32. The molecule has 0 aliphatic rings. The lowest BCUT2D eigenvalue weighted by atomic mass is 10.0. The van der Waals surface area contributed by atoms with Gasteiger partial charge in [0.2, 0.25) is 0 Å². The van der Waals surface area contributed by atoms with Gasteiger partial charge in [0.15, 0.2) is 0 Å². The molecule has 0 aliphatic carbocycles. The topological polar surface area (TPSA) is 59.4 Å². The van der Waals surface area contributed by atoms with Crippen LogP contribution in [0.3, 0.4) is 0 Å². The summed E-state index contributed by atoms with van der Waals surface area (Å²) in [5.74, 6) is -0.384. The molecule has 0 spiro atoms. The summed E-state index contributed by atoms with van der Waals surface area (Å²) in [7, 11) is 1.56. The first-order valence-corrected chi connectivity index (χ1v) is 4.99. The van der Waals surface area contributed by atoms with Crippen LogP contribution in [0.5, 0.6) is 5.75 Å². The molecule has 4 heteroatoms. The maximum absolute atomic E-state index is 10.9. The highest BCUT2D eigenvalue weighted by Gasteiger charge is 2.11. The van der Waals surface area contributed by atoms with Crippen LogP contribution in [-0.2, 0) is 4.79 Å². The number of ether oxygens (including phenoxy) is 1. The lowest BCUT2D eigenvalue weighted by Gasteiger charge is -2.07. The number of pyridine rings is 1. The molecule has 0 unspecified atom stereocenters. The monoisotopic (exact) mass is 229 g/mol. The van der Waals surface area contributed by atoms with Crippen molar-refractivity contribution in [1.29, 1.82) is 0 Å². The van der Waals surface area contributed by atoms with E-state index in [2.05, 4.69) is 11.6 Å². The average Bonchev–Trinajstić information content (AvgIpc) is 2.36. The number of aliphatic carboxylic acids is 1. The third kappa shape index (κ3) is 1.97. The maximum Gasteiger partial charge on any atom is 0.335 e. The number of carbonyl (C=O) groups is 1. The minimum atomic E-state index is -1.04. The van der Waals surface area contributed by atoms with Gasteiger partial charge in [-0.15, -0.1) is 0 Å². The van der Waals surface area contributed by atoms with Gasteiger partial charge in [-0.25, -0.2) is 4.79 Å². The molecular formula is C13H11NO3. The Balaban J connectivity index is 2.70. The minimum absolute atomic E-state index is 0.0469. The van der Waals surface area contributed by atoms with E-state index in [-0.39, 0.29) is 5.57 Å². The van der Waals surface area contributed by atoms with E-state index in [1.54, 1.807) is 37.6 Å². The first kappa shape index (κ1) is 11.1. The SMILES string of the molecule is C=C(C(=O)O)c1ccnc2ccc(OC)cc12. The predicted octanol–water partition coefficient (Wildman–Crippen LogP) is 2.34. The van der Waals surface area contributed by atoms with Gasteiger partial charge in [-0.1, -0.05) is 6.58 Å². The van der Waals surface area contributed by atoms with E-state index in [4.69, 9.17) is 9.84 Å². The standard InChI is InChI=1S/C13H11NO3/c1-8(13(15)16)10-5-6-14-12-4-3-9(17-2)7-11(10)12/h3-7H,1H2,2H3,(H,15,16). The molecule has 2 aromatic rings. The first-order chi connectivity index (χ1) is 8.13. The number of aromatic nitrogens is 1. The maximum atomic E-state index is 10.9. The number of carboxylic acids is 1. The van der Waals surface area contributed by atoms with Crippen molar-refractivity contribution in [1.82, 2.24) is 4.98 Å². The molecule has 0 radical (unpaired) electrons. The minimum Gasteiger partial charge on any atom is -0.497 e. The van der Waals surface area contributed by atoms with Crippen LogP contribution in [0.25, 0.3) is 16.5 Å². The quantitative estimate of drug-likeness (QED) is 0.820. The van der Waals surface area contributed by atoms with Crippen molar-refractivity contribution in [3.63, 3.8) is 0 Å². The van der Waals surface area contributed by atoms with Crippen LogP contribution in [0.4, 0.5) is 0 Å². The molecule has 4 nitrogen and oxygen atoms in total. The van der Waals surface area contributed by atoms with Crippen molar-refractivity contribution >= 4 is 22.4 Å². The van der Waals surface area contributed by atoms with E-state index in [1.165, 1.54) is 0 Å². The third-order valence-corrected chi connectivity index (χ3v) is 2.53. The number of methoxy groups -OCH3 is 1. The highest BCUT2D eigenvalue weighted by molar-refractivity contribution is 6.18. The smallest absolute Gasteiger partial charge is 0.335 e. The Morgan fingerprint density at radius 1 is 1.41 bits per heavy atom. The third-order valence-electron chi connectivity index (χ3n) is 2.53. The largest absolute Gasteiger partial charge is 0.497 e. The average molecular weight is 229 g/mol. The van der Waals surface area contributed by atoms with Crippen LogP contribution < -0.4 is 4.74 Å². The second kappa shape index (κ2) is 4.25. The zero-order valence-corrected chi connectivity index (χ0v) is 9.30. The Hall–Kier alpha value is -2.36. The molecule has 1 aromatic carbocycles. The molecule has 0 amide bonds. The fourth-order valence-corrected chi connectivity index (χ4v) is 1.63. The molecule has 2 rings (SSSR count). The Bertz CT molecular complexity index is 605. The molecule has 1 heterocycles. The van der Waals surface area contributed by atoms with Gasteiger partial charge in [0.1, 0.15) is 5.75 Å². The van der Waals surface area contributed by atoms with Crippen molar-refractivity contribution in [2.45, 2.75) is 0 Å². The molecule has 0 atom stereocenters. The van der Waals surface area contributed by atoms with E-state index >= 15 is 0 Å². The molecule has 1 aromatic heterocycles. The fourth-order valence-electron chi connectivity index (χ4n) is 1.63. The molecule has 0 aliphatic heterocycles. The van der Waals surface area contributed by atoms with Gasteiger partial charge in [0.25, 0.3) is 0 Å². The highest BCUT2D eigenvalue weighted by Crippen LogP contribution is 2.26. The first-order valence-electron chi connectivity index (χ1n) is 4.99. The summed E-state index contributed by atoms with van der Waals surface area (Å²) in [6, 6.07) is 6.96. The van der Waals surface area contributed by atoms with Gasteiger partial charge in [0, 0.05) is 11.6 Å².